The number of halogens is 1. The van der Waals surface area contributed by atoms with Gasteiger partial charge in [0.25, 0.3) is 5.91 Å². The predicted octanol–water partition coefficient (Wildman–Crippen LogP) is 0.865. The summed E-state index contributed by atoms with van der Waals surface area (Å²) in [5.74, 6) is -0.766. The summed E-state index contributed by atoms with van der Waals surface area (Å²) >= 11 is 3.18. The lowest BCUT2D eigenvalue weighted by molar-refractivity contribution is -0.498. The number of hydrogen-bond donors (Lipinski definition) is 2. The fraction of sp³-hybridized carbons (Fsp3) is 0.222. The van der Waals surface area contributed by atoms with E-state index >= 15 is 0 Å². The molecule has 84 valence electrons. The molecule has 0 aromatic heterocycles. The molecular formula is C9H7BrN2O4. The lowest BCUT2D eigenvalue weighted by Crippen LogP contribution is -2.40. The van der Waals surface area contributed by atoms with E-state index in [-0.39, 0.29) is 5.56 Å². The summed E-state index contributed by atoms with van der Waals surface area (Å²) in [6.45, 7) is -0.845. The molecule has 1 amide bonds. The maximum absolute atomic E-state index is 11.5. The van der Waals surface area contributed by atoms with E-state index in [0.29, 0.717) is 10.2 Å². The van der Waals surface area contributed by atoms with Gasteiger partial charge in [0.15, 0.2) is 0 Å². The van der Waals surface area contributed by atoms with E-state index in [4.69, 9.17) is 0 Å². The van der Waals surface area contributed by atoms with Crippen molar-refractivity contribution < 1.29 is 14.8 Å². The smallest absolute Gasteiger partial charge is 0.268 e. The summed E-state index contributed by atoms with van der Waals surface area (Å²) < 4.78 is 0.643. The van der Waals surface area contributed by atoms with Gasteiger partial charge in [-0.05, 0) is 18.2 Å². The van der Waals surface area contributed by atoms with E-state index in [9.17, 15) is 20.0 Å². The molecule has 6 nitrogen and oxygen atoms in total. The second-order valence-electron chi connectivity index (χ2n) is 3.50. The van der Waals surface area contributed by atoms with Gasteiger partial charge < -0.3 is 10.4 Å². The molecule has 1 aliphatic heterocycles. The van der Waals surface area contributed by atoms with E-state index in [0.717, 1.165) is 0 Å². The molecule has 1 atom stereocenters. The van der Waals surface area contributed by atoms with Gasteiger partial charge in [-0.25, -0.2) is 0 Å². The Morgan fingerprint density at radius 1 is 1.56 bits per heavy atom. The number of anilines is 1. The van der Waals surface area contributed by atoms with Gasteiger partial charge in [0.1, 0.15) is 0 Å². The van der Waals surface area contributed by atoms with Crippen molar-refractivity contribution in [3.05, 3.63) is 38.3 Å². The summed E-state index contributed by atoms with van der Waals surface area (Å²) in [5, 5.41) is 22.9. The Morgan fingerprint density at radius 2 is 2.25 bits per heavy atom. The molecule has 0 saturated heterocycles. The van der Waals surface area contributed by atoms with Gasteiger partial charge >= 0.3 is 0 Å². The monoisotopic (exact) mass is 286 g/mol. The molecule has 0 radical (unpaired) electrons. The number of nitrogens with one attached hydrogen (secondary N) is 1. The molecule has 2 rings (SSSR count). The Balaban J connectivity index is 2.53. The zero-order valence-corrected chi connectivity index (χ0v) is 9.52. The summed E-state index contributed by atoms with van der Waals surface area (Å²) in [5.41, 5.74) is -1.45. The number of benzene rings is 1. The maximum atomic E-state index is 11.5. The minimum Gasteiger partial charge on any atom is -0.370 e. The first kappa shape index (κ1) is 11.0. The largest absolute Gasteiger partial charge is 0.370 e. The zero-order chi connectivity index (χ0) is 11.9. The van der Waals surface area contributed by atoms with Crippen molar-refractivity contribution in [2.24, 2.45) is 0 Å². The second-order valence-corrected chi connectivity index (χ2v) is 4.41. The fourth-order valence-electron chi connectivity index (χ4n) is 1.66. The van der Waals surface area contributed by atoms with Gasteiger partial charge in [0.05, 0.1) is 0 Å². The van der Waals surface area contributed by atoms with Crippen LogP contribution in [0.5, 0.6) is 0 Å². The first-order valence-corrected chi connectivity index (χ1v) is 5.18. The number of carbonyl (C=O) groups excluding carboxylic acids is 1. The summed E-state index contributed by atoms with van der Waals surface area (Å²) in [6, 6.07) is 4.75. The number of carbonyl (C=O) groups is 1. The molecule has 2 N–H and O–H groups in total. The molecule has 1 heterocycles. The highest BCUT2D eigenvalue weighted by atomic mass is 79.9. The minimum absolute atomic E-state index is 0.226. The number of aliphatic hydroxyl groups is 1. The molecule has 0 bridgehead atoms. The number of nitro groups is 1. The molecule has 1 aromatic rings. The van der Waals surface area contributed by atoms with Crippen LogP contribution in [0.25, 0.3) is 0 Å². The van der Waals surface area contributed by atoms with Crippen LogP contribution in [0.2, 0.25) is 0 Å². The van der Waals surface area contributed by atoms with E-state index in [1.165, 1.54) is 6.07 Å². The van der Waals surface area contributed by atoms with Crippen LogP contribution in [-0.2, 0) is 10.4 Å². The average Bonchev–Trinajstić information content (AvgIpc) is 2.40. The number of rotatable bonds is 2. The Labute approximate surface area is 98.5 Å². The van der Waals surface area contributed by atoms with E-state index in [1.807, 2.05) is 0 Å². The predicted molar refractivity (Wildman–Crippen MR) is 58.5 cm³/mol. The lowest BCUT2D eigenvalue weighted by atomic mass is 9.96. The Bertz CT molecular complexity index is 490. The second kappa shape index (κ2) is 3.53. The first-order valence-electron chi connectivity index (χ1n) is 4.39. The van der Waals surface area contributed by atoms with Crippen LogP contribution < -0.4 is 5.32 Å². The van der Waals surface area contributed by atoms with Gasteiger partial charge in [0, 0.05) is 20.6 Å². The number of amides is 1. The van der Waals surface area contributed by atoms with Crippen LogP contribution >= 0.6 is 15.9 Å². The van der Waals surface area contributed by atoms with Crippen LogP contribution in [0.15, 0.2) is 22.7 Å². The van der Waals surface area contributed by atoms with Crippen molar-refractivity contribution >= 4 is 27.5 Å². The van der Waals surface area contributed by atoms with Gasteiger partial charge in [-0.15, -0.1) is 0 Å². The molecule has 16 heavy (non-hydrogen) atoms. The van der Waals surface area contributed by atoms with Crippen molar-refractivity contribution in [2.45, 2.75) is 5.60 Å². The molecule has 0 fully saturated rings. The van der Waals surface area contributed by atoms with Crippen molar-refractivity contribution in [3.8, 4) is 0 Å². The van der Waals surface area contributed by atoms with Gasteiger partial charge in [-0.2, -0.15) is 0 Å². The molecule has 1 aromatic carbocycles. The van der Waals surface area contributed by atoms with Crippen molar-refractivity contribution in [3.63, 3.8) is 0 Å². The normalized spacial score (nSPS) is 22.8. The van der Waals surface area contributed by atoms with Crippen LogP contribution in [0, 0.1) is 10.1 Å². The van der Waals surface area contributed by atoms with Gasteiger partial charge in [-0.1, -0.05) is 15.9 Å². The van der Waals surface area contributed by atoms with Crippen molar-refractivity contribution in [2.75, 3.05) is 11.9 Å². The van der Waals surface area contributed by atoms with Crippen LogP contribution in [0.4, 0.5) is 5.69 Å². The molecule has 0 aliphatic carbocycles. The SMILES string of the molecule is O=C1Nc2ccc(Br)cc2[C@@]1(O)C[N+](=O)[O-]. The highest BCUT2D eigenvalue weighted by Crippen LogP contribution is 2.37. The summed E-state index contributed by atoms with van der Waals surface area (Å²) in [6.07, 6.45) is 0. The quantitative estimate of drug-likeness (QED) is 0.623. The fourth-order valence-corrected chi connectivity index (χ4v) is 2.02. The number of hydrogen-bond acceptors (Lipinski definition) is 4. The standard InChI is InChI=1S/C9H7BrN2O4/c10-5-1-2-7-6(3-5)9(14,4-12(15)16)8(13)11-7/h1-3,14H,4H2,(H,11,13)/t9-/m0/s1. The zero-order valence-electron chi connectivity index (χ0n) is 7.94. The van der Waals surface area contributed by atoms with Crippen LogP contribution in [-0.4, -0.2) is 22.5 Å². The minimum atomic E-state index is -2.08. The average molecular weight is 287 g/mol. The van der Waals surface area contributed by atoms with Crippen LogP contribution in [0.3, 0.4) is 0 Å². The maximum Gasteiger partial charge on any atom is 0.268 e. The Morgan fingerprint density at radius 3 is 2.88 bits per heavy atom. The number of nitrogens with zero attached hydrogens (tertiary/aromatic N) is 1. The molecule has 1 aliphatic rings. The molecule has 0 spiro atoms. The molecular weight excluding hydrogens is 280 g/mol. The summed E-state index contributed by atoms with van der Waals surface area (Å²) in [4.78, 5) is 21.3. The third-order valence-corrected chi connectivity index (χ3v) is 2.90. The van der Waals surface area contributed by atoms with Gasteiger partial charge in [0.2, 0.25) is 12.1 Å². The molecule has 7 heteroatoms. The van der Waals surface area contributed by atoms with Crippen molar-refractivity contribution in [1.82, 2.24) is 0 Å². The third-order valence-electron chi connectivity index (χ3n) is 2.41. The highest BCUT2D eigenvalue weighted by molar-refractivity contribution is 9.10. The molecule has 0 saturated carbocycles. The topological polar surface area (TPSA) is 92.5 Å². The van der Waals surface area contributed by atoms with Gasteiger partial charge in [-0.3, -0.25) is 14.9 Å². The van der Waals surface area contributed by atoms with E-state index in [2.05, 4.69) is 21.2 Å². The number of fused-ring (bicyclic) bond motifs is 1. The first-order chi connectivity index (χ1) is 7.43. The Kier molecular flexibility index (Phi) is 2.43. The summed E-state index contributed by atoms with van der Waals surface area (Å²) in [7, 11) is 0. The molecule has 0 unspecified atom stereocenters. The third kappa shape index (κ3) is 1.57. The Hall–Kier alpha value is -1.47. The van der Waals surface area contributed by atoms with E-state index < -0.39 is 23.0 Å². The van der Waals surface area contributed by atoms with Crippen LogP contribution in [0.1, 0.15) is 5.56 Å². The van der Waals surface area contributed by atoms with Crippen molar-refractivity contribution in [1.29, 1.82) is 0 Å². The lowest BCUT2D eigenvalue weighted by Gasteiger charge is -2.15. The van der Waals surface area contributed by atoms with E-state index in [1.54, 1.807) is 12.1 Å². The highest BCUT2D eigenvalue weighted by Gasteiger charge is 2.49.